The van der Waals surface area contributed by atoms with Crippen molar-refractivity contribution >= 4 is 23.3 Å². The summed E-state index contributed by atoms with van der Waals surface area (Å²) in [4.78, 5) is 13.2. The Morgan fingerprint density at radius 3 is 2.70 bits per heavy atom. The number of anilines is 1. The van der Waals surface area contributed by atoms with E-state index in [4.69, 9.17) is 21.6 Å². The van der Waals surface area contributed by atoms with Gasteiger partial charge in [0.05, 0.1) is 30.7 Å². The van der Waals surface area contributed by atoms with Crippen LogP contribution in [0, 0.1) is 11.3 Å². The van der Waals surface area contributed by atoms with E-state index >= 15 is 0 Å². The summed E-state index contributed by atoms with van der Waals surface area (Å²) in [5, 5.41) is 9.26. The molecule has 5 nitrogen and oxygen atoms in total. The zero-order chi connectivity index (χ0) is 15.0. The molecule has 1 aromatic rings. The van der Waals surface area contributed by atoms with Gasteiger partial charge in [-0.05, 0) is 18.2 Å². The van der Waals surface area contributed by atoms with Crippen LogP contribution >= 0.6 is 11.6 Å². The lowest BCUT2D eigenvalue weighted by atomic mass is 10.2. The lowest BCUT2D eigenvalue weighted by Crippen LogP contribution is -2.29. The van der Waals surface area contributed by atoms with E-state index in [1.807, 2.05) is 11.0 Å². The molecule has 0 aliphatic heterocycles. The van der Waals surface area contributed by atoms with E-state index in [0.29, 0.717) is 30.3 Å². The average Bonchev–Trinajstić information content (AvgIpc) is 2.47. The zero-order valence-corrected chi connectivity index (χ0v) is 12.3. The Bertz CT molecular complexity index is 500. The molecule has 0 saturated heterocycles. The SMILES string of the molecule is COCCN(CCC(=O)OC)c1ccc(C#N)c(Cl)c1. The van der Waals surface area contributed by atoms with Crippen LogP contribution in [0.25, 0.3) is 0 Å². The van der Waals surface area contributed by atoms with E-state index < -0.39 is 0 Å². The van der Waals surface area contributed by atoms with Crippen LogP contribution < -0.4 is 4.90 Å². The molecule has 6 heteroatoms. The van der Waals surface area contributed by atoms with Crippen molar-refractivity contribution < 1.29 is 14.3 Å². The van der Waals surface area contributed by atoms with Gasteiger partial charge in [0.1, 0.15) is 6.07 Å². The van der Waals surface area contributed by atoms with Crippen LogP contribution in [0.3, 0.4) is 0 Å². The van der Waals surface area contributed by atoms with Crippen molar-refractivity contribution in [3.05, 3.63) is 28.8 Å². The highest BCUT2D eigenvalue weighted by Gasteiger charge is 2.11. The summed E-state index contributed by atoms with van der Waals surface area (Å²) < 4.78 is 9.69. The first-order valence-corrected chi connectivity index (χ1v) is 6.50. The third-order valence-corrected chi connectivity index (χ3v) is 3.13. The summed E-state index contributed by atoms with van der Waals surface area (Å²) in [7, 11) is 2.98. The smallest absolute Gasteiger partial charge is 0.307 e. The van der Waals surface area contributed by atoms with Crippen molar-refractivity contribution in [3.8, 4) is 6.07 Å². The molecule has 0 amide bonds. The number of carbonyl (C=O) groups is 1. The standard InChI is InChI=1S/C14H17ClN2O3/c1-19-8-7-17(6-5-14(18)20-2)12-4-3-11(10-16)13(15)9-12/h3-4,9H,5-8H2,1-2H3. The highest BCUT2D eigenvalue weighted by atomic mass is 35.5. The van der Waals surface area contributed by atoms with Gasteiger partial charge < -0.3 is 14.4 Å². The van der Waals surface area contributed by atoms with Crippen LogP contribution in [0.4, 0.5) is 5.69 Å². The number of hydrogen-bond acceptors (Lipinski definition) is 5. The summed E-state index contributed by atoms with van der Waals surface area (Å²) in [6, 6.07) is 7.20. The molecule has 1 aromatic carbocycles. The number of ether oxygens (including phenoxy) is 2. The third kappa shape index (κ3) is 4.72. The fourth-order valence-electron chi connectivity index (χ4n) is 1.69. The van der Waals surface area contributed by atoms with Gasteiger partial charge in [-0.15, -0.1) is 0 Å². The summed E-state index contributed by atoms with van der Waals surface area (Å²) in [6.07, 6.45) is 0.276. The van der Waals surface area contributed by atoms with Gasteiger partial charge in [0, 0.05) is 25.9 Å². The molecule has 0 spiro atoms. The Morgan fingerprint density at radius 2 is 2.15 bits per heavy atom. The van der Waals surface area contributed by atoms with Crippen molar-refractivity contribution in [2.75, 3.05) is 38.8 Å². The minimum Gasteiger partial charge on any atom is -0.469 e. The molecule has 0 atom stereocenters. The van der Waals surface area contributed by atoms with Crippen LogP contribution in [-0.4, -0.2) is 39.9 Å². The molecule has 0 bridgehead atoms. The Kier molecular flexibility index (Phi) is 6.85. The maximum absolute atomic E-state index is 11.2. The number of methoxy groups -OCH3 is 2. The molecule has 1 rings (SSSR count). The van der Waals surface area contributed by atoms with Gasteiger partial charge in [0.2, 0.25) is 0 Å². The quantitative estimate of drug-likeness (QED) is 0.722. The second-order valence-corrected chi connectivity index (χ2v) is 4.49. The predicted molar refractivity (Wildman–Crippen MR) is 76.9 cm³/mol. The number of halogens is 1. The van der Waals surface area contributed by atoms with Gasteiger partial charge in [0.25, 0.3) is 0 Å². The fraction of sp³-hybridized carbons (Fsp3) is 0.429. The van der Waals surface area contributed by atoms with Crippen LogP contribution in [0.2, 0.25) is 5.02 Å². The van der Waals surface area contributed by atoms with Crippen LogP contribution in [0.5, 0.6) is 0 Å². The normalized spacial score (nSPS) is 9.90. The van der Waals surface area contributed by atoms with E-state index in [1.165, 1.54) is 7.11 Å². The van der Waals surface area contributed by atoms with Gasteiger partial charge in [0.15, 0.2) is 0 Å². The van der Waals surface area contributed by atoms with E-state index in [0.717, 1.165) is 5.69 Å². The number of hydrogen-bond donors (Lipinski definition) is 0. The van der Waals surface area contributed by atoms with Crippen LogP contribution in [-0.2, 0) is 14.3 Å². The van der Waals surface area contributed by atoms with Gasteiger partial charge in [-0.25, -0.2) is 0 Å². The molecule has 0 N–H and O–H groups in total. The fourth-order valence-corrected chi connectivity index (χ4v) is 1.91. The number of benzene rings is 1. The van der Waals surface area contributed by atoms with Crippen molar-refractivity contribution in [1.82, 2.24) is 0 Å². The van der Waals surface area contributed by atoms with Crippen LogP contribution in [0.15, 0.2) is 18.2 Å². The second-order valence-electron chi connectivity index (χ2n) is 4.08. The molecule has 0 radical (unpaired) electrons. The molecular formula is C14H17ClN2O3. The Hall–Kier alpha value is -1.77. The van der Waals surface area contributed by atoms with Crippen molar-refractivity contribution in [2.45, 2.75) is 6.42 Å². The summed E-state index contributed by atoms with van der Waals surface area (Å²) in [5.41, 5.74) is 1.27. The first-order valence-electron chi connectivity index (χ1n) is 6.12. The molecule has 0 unspecified atom stereocenters. The second kappa shape index (κ2) is 8.41. The number of rotatable bonds is 7. The third-order valence-electron chi connectivity index (χ3n) is 2.82. The van der Waals surface area contributed by atoms with Gasteiger partial charge in [-0.2, -0.15) is 5.26 Å². The van der Waals surface area contributed by atoms with Gasteiger partial charge in [-0.3, -0.25) is 4.79 Å². The molecule has 0 saturated carbocycles. The van der Waals surface area contributed by atoms with Crippen molar-refractivity contribution in [3.63, 3.8) is 0 Å². The maximum atomic E-state index is 11.2. The molecule has 0 fully saturated rings. The molecule has 0 aromatic heterocycles. The molecule has 20 heavy (non-hydrogen) atoms. The molecule has 108 valence electrons. The summed E-state index contributed by atoms with van der Waals surface area (Å²) in [6.45, 7) is 1.65. The Labute approximate surface area is 123 Å². The lowest BCUT2D eigenvalue weighted by molar-refractivity contribution is -0.140. The zero-order valence-electron chi connectivity index (χ0n) is 11.6. The summed E-state index contributed by atoms with van der Waals surface area (Å²) >= 11 is 6.03. The molecule has 0 aliphatic rings. The highest BCUT2D eigenvalue weighted by molar-refractivity contribution is 6.32. The first-order chi connectivity index (χ1) is 9.62. The van der Waals surface area contributed by atoms with Gasteiger partial charge in [-0.1, -0.05) is 11.6 Å². The number of nitrogens with zero attached hydrogens (tertiary/aromatic N) is 2. The maximum Gasteiger partial charge on any atom is 0.307 e. The minimum atomic E-state index is -0.271. The van der Waals surface area contributed by atoms with E-state index in [9.17, 15) is 4.79 Å². The molecule has 0 aliphatic carbocycles. The number of esters is 1. The largest absolute Gasteiger partial charge is 0.469 e. The van der Waals surface area contributed by atoms with Crippen molar-refractivity contribution in [2.24, 2.45) is 0 Å². The highest BCUT2D eigenvalue weighted by Crippen LogP contribution is 2.23. The molecular weight excluding hydrogens is 280 g/mol. The monoisotopic (exact) mass is 296 g/mol. The number of nitriles is 1. The number of carbonyl (C=O) groups excluding carboxylic acids is 1. The van der Waals surface area contributed by atoms with E-state index in [2.05, 4.69) is 4.74 Å². The topological polar surface area (TPSA) is 62.6 Å². The molecule has 0 heterocycles. The van der Waals surface area contributed by atoms with Gasteiger partial charge >= 0.3 is 5.97 Å². The van der Waals surface area contributed by atoms with Crippen molar-refractivity contribution in [1.29, 1.82) is 5.26 Å². The minimum absolute atomic E-state index is 0.271. The van der Waals surface area contributed by atoms with Crippen LogP contribution in [0.1, 0.15) is 12.0 Å². The Balaban J connectivity index is 2.84. The first kappa shape index (κ1) is 16.3. The van der Waals surface area contributed by atoms with E-state index in [-0.39, 0.29) is 12.4 Å². The summed E-state index contributed by atoms with van der Waals surface area (Å²) in [5.74, 6) is -0.271. The Morgan fingerprint density at radius 1 is 1.40 bits per heavy atom. The van der Waals surface area contributed by atoms with E-state index in [1.54, 1.807) is 25.3 Å². The average molecular weight is 297 g/mol. The lowest BCUT2D eigenvalue weighted by Gasteiger charge is -2.24. The predicted octanol–water partition coefficient (Wildman–Crippen LogP) is 2.23.